The zero-order valence-electron chi connectivity index (χ0n) is 14.6. The molecule has 6 heteroatoms. The summed E-state index contributed by atoms with van der Waals surface area (Å²) in [5, 5.41) is 10.4. The van der Waals surface area contributed by atoms with Crippen LogP contribution in [0.3, 0.4) is 0 Å². The van der Waals surface area contributed by atoms with Gasteiger partial charge in [0.1, 0.15) is 11.5 Å². The smallest absolute Gasteiger partial charge is 0.196 e. The third-order valence-corrected chi connectivity index (χ3v) is 4.97. The number of hydrogen-bond donors (Lipinski definition) is 0. The molecule has 0 bridgehead atoms. The summed E-state index contributed by atoms with van der Waals surface area (Å²) in [5.74, 6) is 1.35. The van der Waals surface area contributed by atoms with Crippen molar-refractivity contribution in [3.05, 3.63) is 29.8 Å². The Balaban J connectivity index is 2.09. The number of thioether (sulfide) groups is 1. The fourth-order valence-electron chi connectivity index (χ4n) is 2.47. The summed E-state index contributed by atoms with van der Waals surface area (Å²) in [6.45, 7) is 7.85. The highest BCUT2D eigenvalue weighted by molar-refractivity contribution is 7.99. The molecule has 0 amide bonds. The van der Waals surface area contributed by atoms with Gasteiger partial charge in [0.15, 0.2) is 10.8 Å². The number of nitrogens with zero attached hydrogens (tertiary/aromatic N) is 3. The molecule has 0 aliphatic rings. The Morgan fingerprint density at radius 1 is 1.25 bits per heavy atom. The zero-order chi connectivity index (χ0) is 17.5. The van der Waals surface area contributed by atoms with Crippen LogP contribution in [0.1, 0.15) is 26.3 Å². The Labute approximate surface area is 145 Å². The van der Waals surface area contributed by atoms with Crippen molar-refractivity contribution in [2.45, 2.75) is 32.9 Å². The average Bonchev–Trinajstić information content (AvgIpc) is 2.94. The van der Waals surface area contributed by atoms with Crippen LogP contribution in [0.2, 0.25) is 0 Å². The summed E-state index contributed by atoms with van der Waals surface area (Å²) < 4.78 is 7.35. The van der Waals surface area contributed by atoms with E-state index in [1.165, 1.54) is 11.8 Å². The summed E-state index contributed by atoms with van der Waals surface area (Å²) in [5.41, 5.74) is 2.55. The first-order valence-corrected chi connectivity index (χ1v) is 8.78. The number of Topliss-reactive ketones (excluding diaryl/α,β-unsaturated/α-hetero) is 1. The molecule has 5 nitrogen and oxygen atoms in total. The van der Waals surface area contributed by atoms with Gasteiger partial charge in [0.25, 0.3) is 0 Å². The maximum absolute atomic E-state index is 12.2. The number of carbonyl (C=O) groups excluding carboxylic acids is 1. The van der Waals surface area contributed by atoms with Crippen molar-refractivity contribution >= 4 is 34.1 Å². The number of aromatic nitrogens is 3. The van der Waals surface area contributed by atoms with Crippen molar-refractivity contribution in [2.75, 3.05) is 12.9 Å². The number of pyridine rings is 1. The minimum absolute atomic E-state index is 0.193. The Morgan fingerprint density at radius 2 is 2.00 bits per heavy atom. The van der Waals surface area contributed by atoms with E-state index in [-0.39, 0.29) is 11.2 Å². The SMILES string of the molecule is COc1ccc2c(C)cc3nnc(SCC(=O)C(C)(C)C)n3c2c1. The number of ketones is 1. The fraction of sp³-hybridized carbons (Fsp3) is 0.389. The highest BCUT2D eigenvalue weighted by atomic mass is 32.2. The van der Waals surface area contributed by atoms with E-state index in [1.54, 1.807) is 7.11 Å². The lowest BCUT2D eigenvalue weighted by molar-refractivity contribution is -0.123. The standard InChI is InChI=1S/C18H21N3O2S/c1-11-8-16-19-20-17(24-10-15(22)18(2,3)4)21(16)14-9-12(23-5)6-7-13(11)14/h6-9H,10H2,1-5H3. The molecule has 0 aliphatic heterocycles. The maximum Gasteiger partial charge on any atom is 0.196 e. The molecule has 0 unspecified atom stereocenters. The number of ether oxygens (including phenoxy) is 1. The van der Waals surface area contributed by atoms with E-state index < -0.39 is 0 Å². The first-order valence-electron chi connectivity index (χ1n) is 7.80. The van der Waals surface area contributed by atoms with Gasteiger partial charge in [0, 0.05) is 16.9 Å². The fourth-order valence-corrected chi connectivity index (χ4v) is 3.58. The molecule has 0 radical (unpaired) electrons. The van der Waals surface area contributed by atoms with Gasteiger partial charge in [-0.1, -0.05) is 32.5 Å². The van der Waals surface area contributed by atoms with Gasteiger partial charge in [-0.2, -0.15) is 0 Å². The van der Waals surface area contributed by atoms with E-state index >= 15 is 0 Å². The highest BCUT2D eigenvalue weighted by Crippen LogP contribution is 2.29. The molecule has 2 aromatic heterocycles. The van der Waals surface area contributed by atoms with Gasteiger partial charge in [0.05, 0.1) is 18.4 Å². The number of carbonyl (C=O) groups is 1. The van der Waals surface area contributed by atoms with Crippen LogP contribution in [0.5, 0.6) is 5.75 Å². The topological polar surface area (TPSA) is 56.5 Å². The normalized spacial score (nSPS) is 12.0. The molecule has 0 spiro atoms. The first-order chi connectivity index (χ1) is 11.3. The van der Waals surface area contributed by atoms with Crippen molar-refractivity contribution in [1.82, 2.24) is 14.6 Å². The predicted octanol–water partition coefficient (Wildman–Crippen LogP) is 3.91. The number of aryl methyl sites for hydroxylation is 1. The summed E-state index contributed by atoms with van der Waals surface area (Å²) >= 11 is 1.42. The van der Waals surface area contributed by atoms with Gasteiger partial charge in [-0.05, 0) is 30.7 Å². The van der Waals surface area contributed by atoms with Crippen LogP contribution < -0.4 is 4.74 Å². The largest absolute Gasteiger partial charge is 0.497 e. The summed E-state index contributed by atoms with van der Waals surface area (Å²) in [6, 6.07) is 7.98. The quantitative estimate of drug-likeness (QED) is 0.672. The molecule has 126 valence electrons. The molecule has 2 heterocycles. The van der Waals surface area contributed by atoms with Crippen molar-refractivity contribution in [3.8, 4) is 5.75 Å². The van der Waals surface area contributed by atoms with E-state index in [1.807, 2.05) is 49.4 Å². The predicted molar refractivity (Wildman–Crippen MR) is 97.0 cm³/mol. The van der Waals surface area contributed by atoms with Gasteiger partial charge in [0.2, 0.25) is 0 Å². The van der Waals surface area contributed by atoms with E-state index in [0.717, 1.165) is 33.0 Å². The molecule has 0 aliphatic carbocycles. The zero-order valence-corrected chi connectivity index (χ0v) is 15.4. The minimum Gasteiger partial charge on any atom is -0.497 e. The Morgan fingerprint density at radius 3 is 2.67 bits per heavy atom. The molecule has 3 rings (SSSR count). The van der Waals surface area contributed by atoms with Crippen LogP contribution in [-0.2, 0) is 4.79 Å². The van der Waals surface area contributed by atoms with Crippen LogP contribution in [0.15, 0.2) is 29.4 Å². The van der Waals surface area contributed by atoms with Crippen LogP contribution in [0.25, 0.3) is 16.6 Å². The highest BCUT2D eigenvalue weighted by Gasteiger charge is 2.22. The number of rotatable bonds is 4. The molecule has 3 aromatic rings. The molecule has 0 fully saturated rings. The average molecular weight is 343 g/mol. The first kappa shape index (κ1) is 16.8. The van der Waals surface area contributed by atoms with E-state index in [0.29, 0.717) is 5.75 Å². The lowest BCUT2D eigenvalue weighted by Crippen LogP contribution is -2.22. The second kappa shape index (κ2) is 6.09. The molecule has 0 atom stereocenters. The van der Waals surface area contributed by atoms with E-state index in [9.17, 15) is 4.79 Å². The van der Waals surface area contributed by atoms with Crippen LogP contribution in [-0.4, -0.2) is 33.2 Å². The lowest BCUT2D eigenvalue weighted by atomic mass is 9.92. The van der Waals surface area contributed by atoms with Gasteiger partial charge >= 0.3 is 0 Å². The number of benzene rings is 1. The minimum atomic E-state index is -0.352. The summed E-state index contributed by atoms with van der Waals surface area (Å²) in [4.78, 5) is 12.2. The van der Waals surface area contributed by atoms with Crippen molar-refractivity contribution in [2.24, 2.45) is 5.41 Å². The molecular formula is C18H21N3O2S. The maximum atomic E-state index is 12.2. The molecule has 24 heavy (non-hydrogen) atoms. The number of hydrogen-bond acceptors (Lipinski definition) is 5. The summed E-state index contributed by atoms with van der Waals surface area (Å²) in [7, 11) is 1.65. The van der Waals surface area contributed by atoms with E-state index in [2.05, 4.69) is 17.1 Å². The van der Waals surface area contributed by atoms with Gasteiger partial charge in [-0.15, -0.1) is 10.2 Å². The van der Waals surface area contributed by atoms with E-state index in [4.69, 9.17) is 4.74 Å². The van der Waals surface area contributed by atoms with Gasteiger partial charge < -0.3 is 4.74 Å². The van der Waals surface area contributed by atoms with Crippen molar-refractivity contribution < 1.29 is 9.53 Å². The van der Waals surface area contributed by atoms with Crippen molar-refractivity contribution in [3.63, 3.8) is 0 Å². The van der Waals surface area contributed by atoms with Crippen LogP contribution in [0.4, 0.5) is 0 Å². The Hall–Kier alpha value is -2.08. The second-order valence-electron chi connectivity index (χ2n) is 6.85. The molecular weight excluding hydrogens is 322 g/mol. The Kier molecular flexibility index (Phi) is 4.25. The van der Waals surface area contributed by atoms with Crippen LogP contribution in [0, 0.1) is 12.3 Å². The van der Waals surface area contributed by atoms with Gasteiger partial charge in [-0.3, -0.25) is 9.20 Å². The Bertz CT molecular complexity index is 925. The third kappa shape index (κ3) is 2.98. The van der Waals surface area contributed by atoms with Crippen molar-refractivity contribution in [1.29, 1.82) is 0 Å². The monoisotopic (exact) mass is 343 g/mol. The number of fused-ring (bicyclic) bond motifs is 3. The number of methoxy groups -OCH3 is 1. The molecule has 0 saturated carbocycles. The van der Waals surface area contributed by atoms with Crippen LogP contribution >= 0.6 is 11.8 Å². The van der Waals surface area contributed by atoms with Gasteiger partial charge in [-0.25, -0.2) is 0 Å². The molecule has 0 saturated heterocycles. The molecule has 0 N–H and O–H groups in total. The lowest BCUT2D eigenvalue weighted by Gasteiger charge is -2.15. The summed E-state index contributed by atoms with van der Waals surface area (Å²) in [6.07, 6.45) is 0. The molecule has 1 aromatic carbocycles. The second-order valence-corrected chi connectivity index (χ2v) is 7.79. The third-order valence-electron chi connectivity index (χ3n) is 4.04.